The fourth-order valence-corrected chi connectivity index (χ4v) is 3.50. The monoisotopic (exact) mass is 498 g/mol. The van der Waals surface area contributed by atoms with E-state index in [9.17, 15) is 19.5 Å². The molecule has 0 heterocycles. The minimum Gasteiger partial charge on any atom is -0.508 e. The lowest BCUT2D eigenvalue weighted by Gasteiger charge is -2.13. The summed E-state index contributed by atoms with van der Waals surface area (Å²) < 4.78 is 21.0. The lowest BCUT2D eigenvalue weighted by molar-refractivity contribution is 0.0600. The van der Waals surface area contributed by atoms with Gasteiger partial charge in [-0.15, -0.1) is 0 Å². The number of phenolic OH excluding ortho intramolecular Hbond substituents is 1. The number of carbonyl (C=O) groups excluding carboxylic acids is 3. The van der Waals surface area contributed by atoms with Crippen LogP contribution in [0.5, 0.6) is 23.0 Å². The maximum atomic E-state index is 13.1. The van der Waals surface area contributed by atoms with Crippen molar-refractivity contribution in [1.29, 1.82) is 0 Å². The van der Waals surface area contributed by atoms with Crippen molar-refractivity contribution in [2.75, 3.05) is 14.2 Å². The van der Waals surface area contributed by atoms with Gasteiger partial charge >= 0.3 is 17.9 Å². The molecule has 0 saturated carbocycles. The van der Waals surface area contributed by atoms with Crippen LogP contribution in [-0.2, 0) is 4.74 Å². The first-order valence-corrected chi connectivity index (χ1v) is 11.1. The van der Waals surface area contributed by atoms with E-state index < -0.39 is 17.9 Å². The number of phenols is 1. The Labute approximate surface area is 212 Å². The highest BCUT2D eigenvalue weighted by atomic mass is 16.5. The molecule has 186 valence electrons. The van der Waals surface area contributed by atoms with Crippen LogP contribution >= 0.6 is 0 Å². The molecular weight excluding hydrogens is 476 g/mol. The van der Waals surface area contributed by atoms with Crippen LogP contribution in [-0.4, -0.2) is 37.2 Å². The van der Waals surface area contributed by atoms with Gasteiger partial charge < -0.3 is 24.1 Å². The number of rotatable bonds is 7. The highest BCUT2D eigenvalue weighted by Gasteiger charge is 2.18. The maximum absolute atomic E-state index is 13.1. The Bertz CT molecular complexity index is 1440. The Morgan fingerprint density at radius 1 is 0.622 bits per heavy atom. The number of aromatic hydroxyl groups is 1. The van der Waals surface area contributed by atoms with Crippen molar-refractivity contribution in [1.82, 2.24) is 0 Å². The molecule has 0 radical (unpaired) electrons. The zero-order valence-corrected chi connectivity index (χ0v) is 20.0. The van der Waals surface area contributed by atoms with Gasteiger partial charge in [0.2, 0.25) is 0 Å². The molecule has 0 spiro atoms. The first kappa shape index (κ1) is 25.0. The smallest absolute Gasteiger partial charge is 0.344 e. The predicted octanol–water partition coefficient (Wildman–Crippen LogP) is 5.29. The van der Waals surface area contributed by atoms with Crippen LogP contribution in [0.2, 0.25) is 0 Å². The third-order valence-corrected chi connectivity index (χ3v) is 5.39. The van der Waals surface area contributed by atoms with E-state index in [1.54, 1.807) is 42.5 Å². The number of methoxy groups -OCH3 is 2. The summed E-state index contributed by atoms with van der Waals surface area (Å²) >= 11 is 0. The minimum atomic E-state index is -0.630. The molecule has 0 aliphatic heterocycles. The zero-order valence-electron chi connectivity index (χ0n) is 20.0. The van der Waals surface area contributed by atoms with Crippen LogP contribution in [0, 0.1) is 0 Å². The Balaban J connectivity index is 1.60. The summed E-state index contributed by atoms with van der Waals surface area (Å²) in [4.78, 5) is 37.2. The molecule has 0 fully saturated rings. The highest BCUT2D eigenvalue weighted by Crippen LogP contribution is 2.31. The third kappa shape index (κ3) is 5.94. The topological polar surface area (TPSA) is 108 Å². The molecule has 8 heteroatoms. The van der Waals surface area contributed by atoms with Gasteiger partial charge in [0.05, 0.1) is 30.9 Å². The van der Waals surface area contributed by atoms with Gasteiger partial charge in [0.1, 0.15) is 23.0 Å². The molecule has 37 heavy (non-hydrogen) atoms. The molecule has 0 bridgehead atoms. The van der Waals surface area contributed by atoms with Crippen molar-refractivity contribution in [2.24, 2.45) is 0 Å². The molecule has 4 aromatic carbocycles. The summed E-state index contributed by atoms with van der Waals surface area (Å²) in [5.74, 6) is -0.669. The van der Waals surface area contributed by atoms with Crippen LogP contribution in [0.3, 0.4) is 0 Å². The molecule has 0 saturated heterocycles. The van der Waals surface area contributed by atoms with Gasteiger partial charge in [-0.2, -0.15) is 0 Å². The summed E-state index contributed by atoms with van der Waals surface area (Å²) in [6.45, 7) is 0. The molecule has 0 aliphatic carbocycles. The molecule has 1 N–H and O–H groups in total. The molecule has 0 atom stereocenters. The molecular formula is C29H22O8. The minimum absolute atomic E-state index is 0.0374. The summed E-state index contributed by atoms with van der Waals surface area (Å²) in [5.41, 5.74) is 1.93. The van der Waals surface area contributed by atoms with Crippen LogP contribution in [0.25, 0.3) is 11.1 Å². The van der Waals surface area contributed by atoms with Crippen LogP contribution in [0.1, 0.15) is 31.1 Å². The second kappa shape index (κ2) is 11.1. The Morgan fingerprint density at radius 3 is 1.92 bits per heavy atom. The van der Waals surface area contributed by atoms with Crippen molar-refractivity contribution in [3.8, 4) is 34.1 Å². The Morgan fingerprint density at radius 2 is 1.24 bits per heavy atom. The van der Waals surface area contributed by atoms with Crippen molar-refractivity contribution in [3.63, 3.8) is 0 Å². The van der Waals surface area contributed by atoms with Crippen LogP contribution < -0.4 is 14.2 Å². The van der Waals surface area contributed by atoms with Crippen LogP contribution in [0.15, 0.2) is 91.0 Å². The number of hydrogen-bond acceptors (Lipinski definition) is 8. The van der Waals surface area contributed by atoms with E-state index in [4.69, 9.17) is 14.2 Å². The predicted molar refractivity (Wildman–Crippen MR) is 134 cm³/mol. The van der Waals surface area contributed by atoms with E-state index in [-0.39, 0.29) is 28.4 Å². The average Bonchev–Trinajstić information content (AvgIpc) is 2.93. The number of ether oxygens (including phenoxy) is 4. The third-order valence-electron chi connectivity index (χ3n) is 5.39. The summed E-state index contributed by atoms with van der Waals surface area (Å²) in [6, 6.07) is 23.2. The van der Waals surface area contributed by atoms with E-state index in [0.29, 0.717) is 22.4 Å². The number of carbonyl (C=O) groups is 3. The first-order chi connectivity index (χ1) is 17.9. The van der Waals surface area contributed by atoms with Gasteiger partial charge in [-0.25, -0.2) is 14.4 Å². The van der Waals surface area contributed by atoms with Gasteiger partial charge in [-0.05, 0) is 90.0 Å². The number of benzene rings is 4. The van der Waals surface area contributed by atoms with Gasteiger partial charge in [-0.1, -0.05) is 12.1 Å². The number of esters is 3. The molecule has 0 amide bonds. The first-order valence-electron chi connectivity index (χ1n) is 11.1. The Kier molecular flexibility index (Phi) is 7.49. The molecule has 4 aromatic rings. The van der Waals surface area contributed by atoms with E-state index in [2.05, 4.69) is 4.74 Å². The second-order valence-corrected chi connectivity index (χ2v) is 7.78. The average molecular weight is 498 g/mol. The van der Waals surface area contributed by atoms with Gasteiger partial charge in [0.25, 0.3) is 0 Å². The van der Waals surface area contributed by atoms with Gasteiger partial charge in [0.15, 0.2) is 0 Å². The van der Waals surface area contributed by atoms with Crippen molar-refractivity contribution in [2.45, 2.75) is 0 Å². The van der Waals surface area contributed by atoms with E-state index in [1.165, 1.54) is 62.8 Å². The Hall–Kier alpha value is -5.11. The van der Waals surface area contributed by atoms with E-state index >= 15 is 0 Å². The lowest BCUT2D eigenvalue weighted by atomic mass is 9.99. The van der Waals surface area contributed by atoms with Gasteiger partial charge in [0, 0.05) is 0 Å². The molecule has 0 aliphatic rings. The molecule has 8 nitrogen and oxygen atoms in total. The van der Waals surface area contributed by atoms with Gasteiger partial charge in [-0.3, -0.25) is 0 Å². The largest absolute Gasteiger partial charge is 0.508 e. The zero-order chi connectivity index (χ0) is 26.4. The SMILES string of the molecule is COC(=O)c1ccc(OC(=O)c2ccc(OC)cc2-c2cccc(OC(=O)c3ccc(O)cc3)c2)cc1. The summed E-state index contributed by atoms with van der Waals surface area (Å²) in [6.07, 6.45) is 0. The lowest BCUT2D eigenvalue weighted by Crippen LogP contribution is -2.11. The number of hydrogen-bond donors (Lipinski definition) is 1. The van der Waals surface area contributed by atoms with E-state index in [0.717, 1.165) is 0 Å². The highest BCUT2D eigenvalue weighted by molar-refractivity contribution is 5.99. The standard InChI is InChI=1S/C29H22O8/c1-34-23-14-15-25(29(33)36-22-12-8-18(9-13-22)27(31)35-2)26(17-23)20-4-3-5-24(16-20)37-28(32)19-6-10-21(30)11-7-19/h3-17,30H,1-2H3. The second-order valence-electron chi connectivity index (χ2n) is 7.78. The molecule has 0 aromatic heterocycles. The maximum Gasteiger partial charge on any atom is 0.344 e. The molecule has 4 rings (SSSR count). The van der Waals surface area contributed by atoms with Crippen molar-refractivity contribution in [3.05, 3.63) is 108 Å². The van der Waals surface area contributed by atoms with Crippen LogP contribution in [0.4, 0.5) is 0 Å². The van der Waals surface area contributed by atoms with Crippen molar-refractivity contribution >= 4 is 17.9 Å². The van der Waals surface area contributed by atoms with Crippen molar-refractivity contribution < 1.29 is 38.4 Å². The fourth-order valence-electron chi connectivity index (χ4n) is 3.50. The normalized spacial score (nSPS) is 10.3. The quantitative estimate of drug-likeness (QED) is 0.270. The summed E-state index contributed by atoms with van der Waals surface area (Å²) in [5, 5.41) is 9.42. The fraction of sp³-hybridized carbons (Fsp3) is 0.0690. The summed E-state index contributed by atoms with van der Waals surface area (Å²) in [7, 11) is 2.79. The molecule has 0 unspecified atom stereocenters. The van der Waals surface area contributed by atoms with E-state index in [1.807, 2.05) is 0 Å².